The molecule has 8 nitrogen and oxygen atoms in total. The number of ether oxygens (including phenoxy) is 1. The highest BCUT2D eigenvalue weighted by Crippen LogP contribution is 2.45. The minimum Gasteiger partial charge on any atom is -0.394 e. The van der Waals surface area contributed by atoms with Gasteiger partial charge in [-0.25, -0.2) is 4.79 Å². The van der Waals surface area contributed by atoms with E-state index in [9.17, 15) is 19.8 Å². The largest absolute Gasteiger partial charge is 0.394 e. The Labute approximate surface area is 111 Å². The molecule has 0 unspecified atom stereocenters. The van der Waals surface area contributed by atoms with Crippen LogP contribution in [-0.4, -0.2) is 49.3 Å². The number of aliphatic hydroxyl groups is 3. The Hall–Kier alpha value is -1.19. The van der Waals surface area contributed by atoms with Crippen molar-refractivity contribution in [2.24, 2.45) is 0 Å². The molecule has 1 fully saturated rings. The Morgan fingerprint density at radius 2 is 2.21 bits per heavy atom. The van der Waals surface area contributed by atoms with E-state index in [0.717, 1.165) is 23.8 Å². The summed E-state index contributed by atoms with van der Waals surface area (Å²) in [7, 11) is 0. The molecule has 4 atom stereocenters. The van der Waals surface area contributed by atoms with Gasteiger partial charge in [0.25, 0.3) is 10.7 Å². The Bertz CT molecular complexity index is 596. The van der Waals surface area contributed by atoms with Crippen molar-refractivity contribution < 1.29 is 20.1 Å². The fraction of sp³-hybridized carbons (Fsp3) is 0.600. The predicted molar refractivity (Wildman–Crippen MR) is 63.7 cm³/mol. The summed E-state index contributed by atoms with van der Waals surface area (Å²) in [4.78, 5) is 24.7. The second kappa shape index (κ2) is 4.43. The molecule has 0 bridgehead atoms. The summed E-state index contributed by atoms with van der Waals surface area (Å²) in [6, 6.07) is 1.02. The van der Waals surface area contributed by atoms with Crippen LogP contribution in [0.25, 0.3) is 0 Å². The lowest BCUT2D eigenvalue weighted by Gasteiger charge is -2.34. The average molecular weight is 293 g/mol. The van der Waals surface area contributed by atoms with Gasteiger partial charge >= 0.3 is 5.69 Å². The summed E-state index contributed by atoms with van der Waals surface area (Å²) in [5.41, 5.74) is -3.60. The zero-order valence-corrected chi connectivity index (χ0v) is 10.7. The molecular formula is C10H13ClN2O6. The molecular weight excluding hydrogens is 280 g/mol. The zero-order chi connectivity index (χ0) is 14.4. The third-order valence-electron chi connectivity index (χ3n) is 3.17. The number of hydrogen-bond donors (Lipinski definition) is 4. The number of nitrogens with zero attached hydrogens (tertiary/aromatic N) is 1. The molecule has 4 N–H and O–H groups in total. The number of rotatable bonds is 2. The van der Waals surface area contributed by atoms with Gasteiger partial charge in [-0.2, -0.15) is 0 Å². The molecule has 0 amide bonds. The van der Waals surface area contributed by atoms with E-state index in [1.807, 2.05) is 4.98 Å². The molecule has 1 aliphatic rings. The van der Waals surface area contributed by atoms with Gasteiger partial charge in [0.15, 0.2) is 5.60 Å². The first-order valence-electron chi connectivity index (χ1n) is 5.44. The molecule has 1 aromatic rings. The Balaban J connectivity index is 2.59. The van der Waals surface area contributed by atoms with E-state index in [1.165, 1.54) is 0 Å². The molecule has 2 heterocycles. The number of hydrogen-bond acceptors (Lipinski definition) is 6. The SMILES string of the molecule is C[C@@]1(O)[C@H](O)[C@@H](CO)O[C@@]1(Cl)n1ccc(=O)[nH]c1=O. The van der Waals surface area contributed by atoms with Crippen molar-refractivity contribution in [1.29, 1.82) is 0 Å². The molecule has 0 aliphatic carbocycles. The molecule has 106 valence electrons. The summed E-state index contributed by atoms with van der Waals surface area (Å²) in [5, 5.41) is 27.0. The van der Waals surface area contributed by atoms with E-state index >= 15 is 0 Å². The molecule has 19 heavy (non-hydrogen) atoms. The standard InChI is InChI=1S/C10H13ClN2O6/c1-9(18)7(16)5(4-14)19-10(9,11)13-3-2-6(15)12-8(13)17/h2-3,5,7,14,16,18H,4H2,1H3,(H,12,15,17)/t5-,7-,9-,10+/m1/s1. The molecule has 0 saturated carbocycles. The lowest BCUT2D eigenvalue weighted by atomic mass is 9.96. The van der Waals surface area contributed by atoms with Gasteiger partial charge in [-0.1, -0.05) is 11.6 Å². The monoisotopic (exact) mass is 292 g/mol. The van der Waals surface area contributed by atoms with Crippen molar-refractivity contribution in [1.82, 2.24) is 9.55 Å². The molecule has 0 radical (unpaired) electrons. The lowest BCUT2D eigenvalue weighted by Crippen LogP contribution is -2.55. The van der Waals surface area contributed by atoms with Gasteiger partial charge < -0.3 is 20.1 Å². The molecule has 2 rings (SSSR count). The maximum absolute atomic E-state index is 11.7. The van der Waals surface area contributed by atoms with Gasteiger partial charge in [0.05, 0.1) is 6.61 Å². The van der Waals surface area contributed by atoms with Gasteiger partial charge in [0.2, 0.25) is 0 Å². The van der Waals surface area contributed by atoms with E-state index in [0.29, 0.717) is 0 Å². The van der Waals surface area contributed by atoms with Crippen LogP contribution in [0.3, 0.4) is 0 Å². The van der Waals surface area contributed by atoms with Crippen LogP contribution in [0.1, 0.15) is 6.92 Å². The average Bonchev–Trinajstić information content (AvgIpc) is 2.50. The number of aromatic nitrogens is 2. The summed E-state index contributed by atoms with van der Waals surface area (Å²) >= 11 is 6.11. The first kappa shape index (κ1) is 14.2. The van der Waals surface area contributed by atoms with Crippen LogP contribution in [-0.2, 0) is 9.92 Å². The molecule has 0 aromatic carbocycles. The second-order valence-corrected chi connectivity index (χ2v) is 4.99. The summed E-state index contributed by atoms with van der Waals surface area (Å²) < 4.78 is 5.93. The van der Waals surface area contributed by atoms with Crippen LogP contribution >= 0.6 is 11.6 Å². The lowest BCUT2D eigenvalue weighted by molar-refractivity contribution is -0.132. The summed E-state index contributed by atoms with van der Waals surface area (Å²) in [5.74, 6) is 0. The predicted octanol–water partition coefficient (Wildman–Crippen LogP) is -2.11. The number of nitrogens with one attached hydrogen (secondary N) is 1. The van der Waals surface area contributed by atoms with E-state index in [1.54, 1.807) is 0 Å². The second-order valence-electron chi connectivity index (χ2n) is 4.47. The highest BCUT2D eigenvalue weighted by Gasteiger charge is 2.63. The fourth-order valence-electron chi connectivity index (χ4n) is 2.01. The molecule has 1 saturated heterocycles. The number of halogens is 1. The van der Waals surface area contributed by atoms with Crippen molar-refractivity contribution >= 4 is 11.6 Å². The smallest absolute Gasteiger partial charge is 0.331 e. The number of aliphatic hydroxyl groups excluding tert-OH is 2. The maximum Gasteiger partial charge on any atom is 0.331 e. The highest BCUT2D eigenvalue weighted by atomic mass is 35.5. The van der Waals surface area contributed by atoms with Gasteiger partial charge in [-0.05, 0) is 6.92 Å². The zero-order valence-electron chi connectivity index (χ0n) is 9.91. The van der Waals surface area contributed by atoms with Crippen molar-refractivity contribution in [3.8, 4) is 0 Å². The molecule has 1 aliphatic heterocycles. The van der Waals surface area contributed by atoms with E-state index < -0.39 is 40.8 Å². The van der Waals surface area contributed by atoms with Crippen LogP contribution < -0.4 is 11.2 Å². The Morgan fingerprint density at radius 1 is 1.58 bits per heavy atom. The van der Waals surface area contributed by atoms with Crippen molar-refractivity contribution in [3.05, 3.63) is 33.1 Å². The van der Waals surface area contributed by atoms with Gasteiger partial charge in [0, 0.05) is 12.3 Å². The maximum atomic E-state index is 11.7. The van der Waals surface area contributed by atoms with E-state index in [4.69, 9.17) is 21.4 Å². The van der Waals surface area contributed by atoms with Crippen LogP contribution in [0.2, 0.25) is 0 Å². The van der Waals surface area contributed by atoms with E-state index in [-0.39, 0.29) is 0 Å². The minimum atomic E-state index is -2.14. The number of aromatic amines is 1. The van der Waals surface area contributed by atoms with Crippen molar-refractivity contribution in [3.63, 3.8) is 0 Å². The third kappa shape index (κ3) is 1.92. The van der Waals surface area contributed by atoms with Crippen LogP contribution in [0.15, 0.2) is 21.9 Å². The van der Waals surface area contributed by atoms with Crippen molar-refractivity contribution in [2.75, 3.05) is 6.61 Å². The third-order valence-corrected chi connectivity index (χ3v) is 3.83. The first-order valence-corrected chi connectivity index (χ1v) is 5.82. The molecule has 0 spiro atoms. The Kier molecular flexibility index (Phi) is 3.31. The highest BCUT2D eigenvalue weighted by molar-refractivity contribution is 6.22. The minimum absolute atomic E-state index is 0.593. The van der Waals surface area contributed by atoms with Crippen LogP contribution in [0.5, 0.6) is 0 Å². The van der Waals surface area contributed by atoms with Crippen LogP contribution in [0, 0.1) is 0 Å². The number of H-pyrrole nitrogens is 1. The topological polar surface area (TPSA) is 125 Å². The van der Waals surface area contributed by atoms with Crippen LogP contribution in [0.4, 0.5) is 0 Å². The normalized spacial score (nSPS) is 38.6. The van der Waals surface area contributed by atoms with Crippen molar-refractivity contribution in [2.45, 2.75) is 29.9 Å². The molecule has 1 aromatic heterocycles. The first-order chi connectivity index (χ1) is 8.74. The summed E-state index contributed by atoms with van der Waals surface area (Å²) in [6.07, 6.45) is -1.63. The van der Waals surface area contributed by atoms with Gasteiger partial charge in [-0.3, -0.25) is 14.3 Å². The Morgan fingerprint density at radius 3 is 2.68 bits per heavy atom. The molecule has 9 heteroatoms. The summed E-state index contributed by atoms with van der Waals surface area (Å²) in [6.45, 7) is 0.571. The fourth-order valence-corrected chi connectivity index (χ4v) is 2.37. The van der Waals surface area contributed by atoms with E-state index in [2.05, 4.69) is 0 Å². The quantitative estimate of drug-likeness (QED) is 0.462. The van der Waals surface area contributed by atoms with Gasteiger partial charge in [0.1, 0.15) is 12.2 Å². The van der Waals surface area contributed by atoms with Gasteiger partial charge in [-0.15, -0.1) is 0 Å². The number of alkyl halides is 1.